The van der Waals surface area contributed by atoms with E-state index in [9.17, 15) is 0 Å². The summed E-state index contributed by atoms with van der Waals surface area (Å²) in [6.07, 6.45) is 0. The lowest BCUT2D eigenvalue weighted by molar-refractivity contribution is 0.669. The van der Waals surface area contributed by atoms with Gasteiger partial charge in [0.15, 0.2) is 0 Å². The van der Waals surface area contributed by atoms with Crippen LogP contribution < -0.4 is 4.90 Å². The minimum atomic E-state index is 0.870. The molecule has 0 radical (unpaired) electrons. The summed E-state index contributed by atoms with van der Waals surface area (Å²) < 4.78 is 9.17. The van der Waals surface area contributed by atoms with Crippen LogP contribution in [-0.4, -0.2) is 4.57 Å². The molecule has 2 aromatic heterocycles. The van der Waals surface area contributed by atoms with E-state index >= 15 is 0 Å². The number of rotatable bonds is 7. The van der Waals surface area contributed by atoms with Crippen LogP contribution in [0, 0.1) is 0 Å². The van der Waals surface area contributed by atoms with Crippen molar-refractivity contribution in [1.82, 2.24) is 4.57 Å². The maximum Gasteiger partial charge on any atom is 0.136 e. The van der Waals surface area contributed by atoms with Crippen LogP contribution in [-0.2, 0) is 0 Å². The molecule has 0 aliphatic carbocycles. The van der Waals surface area contributed by atoms with Gasteiger partial charge in [-0.25, -0.2) is 0 Å². The third kappa shape index (κ3) is 5.90. The van der Waals surface area contributed by atoms with Crippen LogP contribution in [0.3, 0.4) is 0 Å². The summed E-state index contributed by atoms with van der Waals surface area (Å²) in [5, 5.41) is 7.01. The lowest BCUT2D eigenvalue weighted by Crippen LogP contribution is -2.09. The van der Waals surface area contributed by atoms with E-state index in [0.29, 0.717) is 0 Å². The molecule has 0 aliphatic rings. The van der Waals surface area contributed by atoms with Crippen LogP contribution in [0.15, 0.2) is 235 Å². The molecule has 286 valence electrons. The Balaban J connectivity index is 1.01. The summed E-state index contributed by atoms with van der Waals surface area (Å²) >= 11 is 0. The Hall–Kier alpha value is -8.14. The van der Waals surface area contributed by atoms with Crippen molar-refractivity contribution in [2.24, 2.45) is 0 Å². The Kier molecular flexibility index (Phi) is 8.17. The van der Waals surface area contributed by atoms with Gasteiger partial charge in [-0.15, -0.1) is 0 Å². The van der Waals surface area contributed by atoms with Gasteiger partial charge < -0.3 is 13.9 Å². The highest BCUT2D eigenvalue weighted by atomic mass is 16.3. The zero-order valence-corrected chi connectivity index (χ0v) is 33.2. The fourth-order valence-corrected chi connectivity index (χ4v) is 9.30. The van der Waals surface area contributed by atoms with Gasteiger partial charge in [0.25, 0.3) is 0 Å². The normalized spacial score (nSPS) is 11.6. The van der Waals surface area contributed by atoms with E-state index in [0.717, 1.165) is 55.6 Å². The first-order valence-corrected chi connectivity index (χ1v) is 20.8. The van der Waals surface area contributed by atoms with Gasteiger partial charge in [0, 0.05) is 49.9 Å². The van der Waals surface area contributed by atoms with Crippen LogP contribution in [0.4, 0.5) is 17.1 Å². The number of hydrogen-bond acceptors (Lipinski definition) is 2. The molecule has 3 nitrogen and oxygen atoms in total. The molecule has 0 fully saturated rings. The number of hydrogen-bond donors (Lipinski definition) is 0. The zero-order valence-electron chi connectivity index (χ0n) is 33.2. The van der Waals surface area contributed by atoms with Gasteiger partial charge in [-0.1, -0.05) is 158 Å². The highest BCUT2D eigenvalue weighted by Gasteiger charge is 2.20. The molecule has 61 heavy (non-hydrogen) atoms. The summed E-state index contributed by atoms with van der Waals surface area (Å²) in [4.78, 5) is 2.36. The predicted molar refractivity (Wildman–Crippen MR) is 257 cm³/mol. The molecule has 0 amide bonds. The summed E-state index contributed by atoms with van der Waals surface area (Å²) in [7, 11) is 0. The van der Waals surface area contributed by atoms with E-state index in [-0.39, 0.29) is 0 Å². The SMILES string of the molecule is c1ccc(-c2ccc(N(c3ccc(-c4ccccc4)cc3)c3ccc4ccc5oc6cc(-c7cccc8c9ccccc9n(-c9ccccc9)c78)ccc6c5c4c3)cc2)cc1. The van der Waals surface area contributed by atoms with Gasteiger partial charge in [0.05, 0.1) is 11.0 Å². The minimum absolute atomic E-state index is 0.870. The first-order chi connectivity index (χ1) is 30.2. The molecule has 0 saturated carbocycles. The summed E-state index contributed by atoms with van der Waals surface area (Å²) in [5.41, 5.74) is 15.6. The molecular weight excluding hydrogens is 741 g/mol. The maximum atomic E-state index is 6.77. The van der Waals surface area contributed by atoms with Gasteiger partial charge >= 0.3 is 0 Å². The van der Waals surface area contributed by atoms with Crippen LogP contribution in [0.25, 0.3) is 93.6 Å². The Morgan fingerprint density at radius 1 is 0.344 bits per heavy atom. The van der Waals surface area contributed by atoms with Crippen LogP contribution in [0.1, 0.15) is 0 Å². The second kappa shape index (κ2) is 14.3. The number of aromatic nitrogens is 1. The van der Waals surface area contributed by atoms with E-state index in [1.807, 2.05) is 0 Å². The molecular formula is C58H38N2O. The fourth-order valence-electron chi connectivity index (χ4n) is 9.30. The van der Waals surface area contributed by atoms with E-state index in [1.165, 1.54) is 55.0 Å². The molecule has 0 bridgehead atoms. The highest BCUT2D eigenvalue weighted by molar-refractivity contribution is 6.20. The zero-order chi connectivity index (χ0) is 40.3. The second-order valence-corrected chi connectivity index (χ2v) is 15.7. The van der Waals surface area contributed by atoms with Gasteiger partial charge in [-0.2, -0.15) is 0 Å². The number of anilines is 3. The van der Waals surface area contributed by atoms with Gasteiger partial charge in [-0.05, 0) is 111 Å². The molecule has 12 rings (SSSR count). The van der Waals surface area contributed by atoms with Crippen LogP contribution >= 0.6 is 0 Å². The topological polar surface area (TPSA) is 21.3 Å². The monoisotopic (exact) mass is 778 g/mol. The Morgan fingerprint density at radius 3 is 1.59 bits per heavy atom. The maximum absolute atomic E-state index is 6.77. The molecule has 0 saturated heterocycles. The molecule has 0 aliphatic heterocycles. The summed E-state index contributed by atoms with van der Waals surface area (Å²) in [5.74, 6) is 0. The smallest absolute Gasteiger partial charge is 0.136 e. The largest absolute Gasteiger partial charge is 0.456 e. The van der Waals surface area contributed by atoms with E-state index in [2.05, 4.69) is 240 Å². The quantitative estimate of drug-likeness (QED) is 0.161. The third-order valence-corrected chi connectivity index (χ3v) is 12.2. The fraction of sp³-hybridized carbons (Fsp3) is 0. The van der Waals surface area contributed by atoms with Crippen molar-refractivity contribution in [1.29, 1.82) is 0 Å². The van der Waals surface area contributed by atoms with Gasteiger partial charge in [0.2, 0.25) is 0 Å². The average Bonchev–Trinajstić information content (AvgIpc) is 3.89. The molecule has 0 atom stereocenters. The first kappa shape index (κ1) is 34.9. The lowest BCUT2D eigenvalue weighted by atomic mass is 9.98. The third-order valence-electron chi connectivity index (χ3n) is 12.2. The van der Waals surface area contributed by atoms with Crippen molar-refractivity contribution >= 4 is 71.6 Å². The first-order valence-electron chi connectivity index (χ1n) is 20.8. The lowest BCUT2D eigenvalue weighted by Gasteiger charge is -2.26. The number of benzene rings is 10. The number of para-hydroxylation sites is 3. The predicted octanol–water partition coefficient (Wildman–Crippen LogP) is 16.3. The molecule has 12 aromatic rings. The average molecular weight is 779 g/mol. The highest BCUT2D eigenvalue weighted by Crippen LogP contribution is 2.43. The minimum Gasteiger partial charge on any atom is -0.456 e. The number of nitrogens with zero attached hydrogens (tertiary/aromatic N) is 2. The molecule has 3 heteroatoms. The van der Waals surface area contributed by atoms with Gasteiger partial charge in [0.1, 0.15) is 11.2 Å². The van der Waals surface area contributed by atoms with E-state index < -0.39 is 0 Å². The van der Waals surface area contributed by atoms with E-state index in [4.69, 9.17) is 4.42 Å². The van der Waals surface area contributed by atoms with Crippen molar-refractivity contribution < 1.29 is 4.42 Å². The van der Waals surface area contributed by atoms with Crippen molar-refractivity contribution in [3.8, 4) is 39.1 Å². The molecule has 10 aromatic carbocycles. The molecule has 0 N–H and O–H groups in total. The van der Waals surface area contributed by atoms with Crippen LogP contribution in [0.5, 0.6) is 0 Å². The van der Waals surface area contributed by atoms with Gasteiger partial charge in [-0.3, -0.25) is 0 Å². The number of fused-ring (bicyclic) bond motifs is 8. The summed E-state index contributed by atoms with van der Waals surface area (Å²) in [6.45, 7) is 0. The standard InChI is InChI=1S/C58H38N2O/c1-4-13-39(14-5-1)41-23-30-46(31-24-41)59(47-32-25-42(26-33-47)40-15-6-2-7-16-40)48-34-27-43-29-36-55-57(53(43)38-48)52-35-28-44(37-56(52)61-55)49-20-12-21-51-50-19-10-11-22-54(50)60(58(49)51)45-17-8-3-9-18-45/h1-38H. The summed E-state index contributed by atoms with van der Waals surface area (Å²) in [6, 6.07) is 82.7. The van der Waals surface area contributed by atoms with Crippen molar-refractivity contribution in [3.05, 3.63) is 231 Å². The second-order valence-electron chi connectivity index (χ2n) is 15.7. The Labute approximate surface area is 353 Å². The van der Waals surface area contributed by atoms with E-state index in [1.54, 1.807) is 0 Å². The van der Waals surface area contributed by atoms with Crippen LogP contribution in [0.2, 0.25) is 0 Å². The molecule has 0 spiro atoms. The Morgan fingerprint density at radius 2 is 0.902 bits per heavy atom. The molecule has 0 unspecified atom stereocenters. The van der Waals surface area contributed by atoms with Crippen molar-refractivity contribution in [2.75, 3.05) is 4.90 Å². The van der Waals surface area contributed by atoms with Crippen molar-refractivity contribution in [2.45, 2.75) is 0 Å². The van der Waals surface area contributed by atoms with Crippen molar-refractivity contribution in [3.63, 3.8) is 0 Å². The molecule has 2 heterocycles. The number of furan rings is 1. The Bertz CT molecular complexity index is 3470.